The molecule has 0 aromatic heterocycles. The molecule has 4 N–H and O–H groups in total. The Morgan fingerprint density at radius 3 is 2.39 bits per heavy atom. The van der Waals surface area contributed by atoms with Crippen LogP contribution in [-0.4, -0.2) is 42.9 Å². The van der Waals surface area contributed by atoms with Gasteiger partial charge in [0.1, 0.15) is 0 Å². The molecule has 0 aromatic rings. The number of aliphatic hydroxyl groups excluding tert-OH is 1. The molecule has 0 radical (unpaired) electrons. The molecule has 1 saturated carbocycles. The molecule has 5 heteroatoms. The summed E-state index contributed by atoms with van der Waals surface area (Å²) in [5.74, 6) is -0.0921. The second-order valence-electron chi connectivity index (χ2n) is 5.82. The zero-order chi connectivity index (χ0) is 13.1. The highest BCUT2D eigenvalue weighted by Gasteiger charge is 2.38. The number of aliphatic hydroxyl groups is 1. The minimum atomic E-state index is -0.784. The summed E-state index contributed by atoms with van der Waals surface area (Å²) in [6.45, 7) is 1.79. The predicted molar refractivity (Wildman–Crippen MR) is 68.0 cm³/mol. The molecule has 0 aromatic carbocycles. The summed E-state index contributed by atoms with van der Waals surface area (Å²) < 4.78 is 5.23. The van der Waals surface area contributed by atoms with Crippen LogP contribution in [-0.2, 0) is 9.53 Å². The van der Waals surface area contributed by atoms with E-state index < -0.39 is 5.54 Å². The van der Waals surface area contributed by atoms with Crippen LogP contribution in [0.25, 0.3) is 0 Å². The van der Waals surface area contributed by atoms with Crippen molar-refractivity contribution in [2.24, 2.45) is 11.1 Å². The molecule has 104 valence electrons. The number of hydrogen-bond acceptors (Lipinski definition) is 4. The van der Waals surface area contributed by atoms with Crippen LogP contribution in [0.4, 0.5) is 0 Å². The fourth-order valence-corrected chi connectivity index (χ4v) is 2.92. The minimum absolute atomic E-state index is 0.0921. The van der Waals surface area contributed by atoms with E-state index in [2.05, 4.69) is 5.32 Å². The van der Waals surface area contributed by atoms with Crippen LogP contribution in [0.3, 0.4) is 0 Å². The summed E-state index contributed by atoms with van der Waals surface area (Å²) in [5, 5.41) is 12.4. The standard InChI is InChI=1S/C13H24N2O3/c14-13(5-7-18-8-6-13)11(17)15-9-12(10-16)3-1-2-4-12/h16H,1-10,14H2,(H,15,17). The van der Waals surface area contributed by atoms with Crippen molar-refractivity contribution in [2.45, 2.75) is 44.1 Å². The van der Waals surface area contributed by atoms with E-state index in [4.69, 9.17) is 10.5 Å². The molecule has 1 saturated heterocycles. The Morgan fingerprint density at radius 2 is 1.83 bits per heavy atom. The molecule has 1 aliphatic heterocycles. The number of nitrogens with one attached hydrogen (secondary N) is 1. The predicted octanol–water partition coefficient (Wildman–Crippen LogP) is 0.163. The molecular weight excluding hydrogens is 232 g/mol. The summed E-state index contributed by atoms with van der Waals surface area (Å²) in [5.41, 5.74) is 5.22. The summed E-state index contributed by atoms with van der Waals surface area (Å²) in [4.78, 5) is 12.2. The molecule has 1 heterocycles. The third kappa shape index (κ3) is 2.84. The van der Waals surface area contributed by atoms with Crippen molar-refractivity contribution in [1.29, 1.82) is 0 Å². The Hall–Kier alpha value is -0.650. The fourth-order valence-electron chi connectivity index (χ4n) is 2.92. The number of carbonyl (C=O) groups excluding carboxylic acids is 1. The van der Waals surface area contributed by atoms with E-state index >= 15 is 0 Å². The van der Waals surface area contributed by atoms with Crippen molar-refractivity contribution < 1.29 is 14.6 Å². The number of nitrogens with two attached hydrogens (primary N) is 1. The maximum atomic E-state index is 12.2. The third-order valence-corrected chi connectivity index (χ3v) is 4.46. The molecular formula is C13H24N2O3. The monoisotopic (exact) mass is 256 g/mol. The van der Waals surface area contributed by atoms with Gasteiger partial charge in [-0.25, -0.2) is 0 Å². The van der Waals surface area contributed by atoms with E-state index in [0.29, 0.717) is 32.6 Å². The molecule has 18 heavy (non-hydrogen) atoms. The third-order valence-electron chi connectivity index (χ3n) is 4.46. The number of carbonyl (C=O) groups is 1. The zero-order valence-corrected chi connectivity index (χ0v) is 10.9. The number of hydrogen-bond donors (Lipinski definition) is 3. The van der Waals surface area contributed by atoms with E-state index in [9.17, 15) is 9.90 Å². The van der Waals surface area contributed by atoms with Crippen LogP contribution in [0.15, 0.2) is 0 Å². The van der Waals surface area contributed by atoms with Crippen LogP contribution in [0.1, 0.15) is 38.5 Å². The lowest BCUT2D eigenvalue weighted by atomic mass is 9.85. The van der Waals surface area contributed by atoms with Crippen LogP contribution in [0.5, 0.6) is 0 Å². The minimum Gasteiger partial charge on any atom is -0.396 e. The molecule has 1 amide bonds. The normalized spacial score (nSPS) is 25.9. The average Bonchev–Trinajstić information content (AvgIpc) is 2.86. The Labute approximate surface area is 108 Å². The molecule has 2 aliphatic rings. The Kier molecular flexibility index (Phi) is 4.25. The first kappa shape index (κ1) is 13.8. The number of ether oxygens (including phenoxy) is 1. The van der Waals surface area contributed by atoms with Crippen LogP contribution >= 0.6 is 0 Å². The van der Waals surface area contributed by atoms with Gasteiger partial charge in [-0.2, -0.15) is 0 Å². The van der Waals surface area contributed by atoms with Crippen LogP contribution < -0.4 is 11.1 Å². The molecule has 0 atom stereocenters. The van der Waals surface area contributed by atoms with Crippen LogP contribution in [0.2, 0.25) is 0 Å². The Balaban J connectivity index is 1.87. The van der Waals surface area contributed by atoms with E-state index in [-0.39, 0.29) is 17.9 Å². The molecule has 2 rings (SSSR count). The van der Waals surface area contributed by atoms with Crippen molar-refractivity contribution in [3.05, 3.63) is 0 Å². The maximum absolute atomic E-state index is 12.2. The van der Waals surface area contributed by atoms with Gasteiger partial charge < -0.3 is 20.9 Å². The van der Waals surface area contributed by atoms with E-state index in [1.165, 1.54) is 0 Å². The van der Waals surface area contributed by atoms with Crippen molar-refractivity contribution >= 4 is 5.91 Å². The van der Waals surface area contributed by atoms with Crippen molar-refractivity contribution in [3.8, 4) is 0 Å². The highest BCUT2D eigenvalue weighted by atomic mass is 16.5. The molecule has 0 unspecified atom stereocenters. The quantitative estimate of drug-likeness (QED) is 0.669. The molecule has 0 spiro atoms. The smallest absolute Gasteiger partial charge is 0.240 e. The second kappa shape index (κ2) is 5.55. The summed E-state index contributed by atoms with van der Waals surface area (Å²) in [6.07, 6.45) is 5.40. The average molecular weight is 256 g/mol. The first-order valence-electron chi connectivity index (χ1n) is 6.86. The maximum Gasteiger partial charge on any atom is 0.240 e. The van der Waals surface area contributed by atoms with Gasteiger partial charge in [0, 0.05) is 25.2 Å². The van der Waals surface area contributed by atoms with Gasteiger partial charge in [-0.15, -0.1) is 0 Å². The SMILES string of the molecule is NC1(C(=O)NCC2(CO)CCCC2)CCOCC1. The highest BCUT2D eigenvalue weighted by molar-refractivity contribution is 5.86. The van der Waals surface area contributed by atoms with E-state index in [1.54, 1.807) is 0 Å². The summed E-state index contributed by atoms with van der Waals surface area (Å²) >= 11 is 0. The fraction of sp³-hybridized carbons (Fsp3) is 0.923. The van der Waals surface area contributed by atoms with Gasteiger partial charge in [-0.1, -0.05) is 12.8 Å². The lowest BCUT2D eigenvalue weighted by Gasteiger charge is -2.34. The van der Waals surface area contributed by atoms with Crippen molar-refractivity contribution in [2.75, 3.05) is 26.4 Å². The topological polar surface area (TPSA) is 84.6 Å². The van der Waals surface area contributed by atoms with Gasteiger partial charge in [0.2, 0.25) is 5.91 Å². The highest BCUT2D eigenvalue weighted by Crippen LogP contribution is 2.37. The van der Waals surface area contributed by atoms with Crippen molar-refractivity contribution in [1.82, 2.24) is 5.32 Å². The number of rotatable bonds is 4. The zero-order valence-electron chi connectivity index (χ0n) is 10.9. The first-order chi connectivity index (χ1) is 8.60. The van der Waals surface area contributed by atoms with Gasteiger partial charge in [0.05, 0.1) is 12.1 Å². The van der Waals surface area contributed by atoms with Gasteiger partial charge in [-0.05, 0) is 25.7 Å². The van der Waals surface area contributed by atoms with Gasteiger partial charge in [0.25, 0.3) is 0 Å². The van der Waals surface area contributed by atoms with Crippen LogP contribution in [0, 0.1) is 5.41 Å². The molecule has 5 nitrogen and oxygen atoms in total. The first-order valence-corrected chi connectivity index (χ1v) is 6.86. The van der Waals surface area contributed by atoms with E-state index in [0.717, 1.165) is 25.7 Å². The lowest BCUT2D eigenvalue weighted by molar-refractivity contribution is -0.130. The van der Waals surface area contributed by atoms with Gasteiger partial charge >= 0.3 is 0 Å². The summed E-state index contributed by atoms with van der Waals surface area (Å²) in [7, 11) is 0. The Morgan fingerprint density at radius 1 is 1.22 bits per heavy atom. The molecule has 0 bridgehead atoms. The largest absolute Gasteiger partial charge is 0.396 e. The van der Waals surface area contributed by atoms with Gasteiger partial charge in [-0.3, -0.25) is 4.79 Å². The van der Waals surface area contributed by atoms with Crippen molar-refractivity contribution in [3.63, 3.8) is 0 Å². The molecule has 1 aliphatic carbocycles. The lowest BCUT2D eigenvalue weighted by Crippen LogP contribution is -2.58. The second-order valence-corrected chi connectivity index (χ2v) is 5.82. The molecule has 2 fully saturated rings. The summed E-state index contributed by atoms with van der Waals surface area (Å²) in [6, 6.07) is 0. The number of amides is 1. The Bertz CT molecular complexity index is 295. The van der Waals surface area contributed by atoms with E-state index in [1.807, 2.05) is 0 Å². The van der Waals surface area contributed by atoms with Gasteiger partial charge in [0.15, 0.2) is 0 Å².